The Morgan fingerprint density at radius 1 is 1.30 bits per heavy atom. The highest BCUT2D eigenvalue weighted by atomic mass is 32.1. The summed E-state index contributed by atoms with van der Waals surface area (Å²) in [5.74, 6) is -0.799. The van der Waals surface area contributed by atoms with E-state index in [0.717, 1.165) is 38.6 Å². The van der Waals surface area contributed by atoms with Crippen LogP contribution in [0.25, 0.3) is 0 Å². The summed E-state index contributed by atoms with van der Waals surface area (Å²) in [5.41, 5.74) is 1.30. The Kier molecular flexibility index (Phi) is 7.07. The number of carbonyl (C=O) groups excluding carboxylic acids is 1. The molecule has 0 bridgehead atoms. The number of aryl methyl sites for hydroxylation is 3. The lowest BCUT2D eigenvalue weighted by Gasteiger charge is -2.42. The van der Waals surface area contributed by atoms with Crippen LogP contribution in [-0.2, 0) is 24.1 Å². The number of aromatic nitrogens is 1. The lowest BCUT2D eigenvalue weighted by atomic mass is 9.85. The summed E-state index contributed by atoms with van der Waals surface area (Å²) in [7, 11) is 0. The van der Waals surface area contributed by atoms with Gasteiger partial charge in [-0.2, -0.15) is 0 Å². The fourth-order valence-corrected chi connectivity index (χ4v) is 5.07. The minimum absolute atomic E-state index is 0.0697. The zero-order valence-corrected chi connectivity index (χ0v) is 16.8. The van der Waals surface area contributed by atoms with Crippen molar-refractivity contribution in [2.45, 2.75) is 70.4 Å². The monoisotopic (exact) mass is 394 g/mol. The molecule has 8 heteroatoms. The van der Waals surface area contributed by atoms with Gasteiger partial charge in [0.25, 0.3) is 0 Å². The third-order valence-corrected chi connectivity index (χ3v) is 6.67. The van der Waals surface area contributed by atoms with Crippen molar-refractivity contribution >= 4 is 23.3 Å². The van der Waals surface area contributed by atoms with E-state index in [1.165, 1.54) is 34.8 Å². The third kappa shape index (κ3) is 5.65. The molecule has 3 N–H and O–H groups in total. The smallest absolute Gasteiger partial charge is 0.317 e. The van der Waals surface area contributed by atoms with Gasteiger partial charge in [-0.05, 0) is 51.5 Å². The van der Waals surface area contributed by atoms with E-state index < -0.39 is 5.97 Å². The van der Waals surface area contributed by atoms with Gasteiger partial charge in [-0.3, -0.25) is 9.69 Å². The predicted molar refractivity (Wildman–Crippen MR) is 105 cm³/mol. The first-order valence-corrected chi connectivity index (χ1v) is 10.8. The van der Waals surface area contributed by atoms with Crippen LogP contribution in [0.4, 0.5) is 4.79 Å². The fourth-order valence-electron chi connectivity index (χ4n) is 3.87. The molecule has 2 amide bonds. The number of nitrogens with zero attached hydrogens (tertiary/aromatic N) is 2. The molecule has 0 aliphatic heterocycles. The van der Waals surface area contributed by atoms with Gasteiger partial charge < -0.3 is 15.7 Å². The van der Waals surface area contributed by atoms with Crippen molar-refractivity contribution in [2.75, 3.05) is 19.6 Å². The molecule has 2 aliphatic carbocycles. The van der Waals surface area contributed by atoms with Crippen LogP contribution in [-0.4, -0.2) is 58.7 Å². The number of carboxylic acids is 1. The summed E-state index contributed by atoms with van der Waals surface area (Å²) >= 11 is 1.84. The van der Waals surface area contributed by atoms with Crippen molar-refractivity contribution < 1.29 is 14.7 Å². The summed E-state index contributed by atoms with van der Waals surface area (Å²) in [6.45, 7) is 3.40. The molecule has 0 atom stereocenters. The van der Waals surface area contributed by atoms with Crippen LogP contribution in [0.2, 0.25) is 0 Å². The Balaban J connectivity index is 1.28. The number of hydrogen-bond acceptors (Lipinski definition) is 5. The highest BCUT2D eigenvalue weighted by molar-refractivity contribution is 7.11. The number of carboxylic acid groups (broad SMARTS) is 1. The number of aliphatic carboxylic acids is 1. The van der Waals surface area contributed by atoms with Crippen LogP contribution in [0, 0.1) is 0 Å². The number of nitrogens with one attached hydrogen (secondary N) is 2. The maximum atomic E-state index is 12.0. The van der Waals surface area contributed by atoms with Gasteiger partial charge in [0.1, 0.15) is 0 Å². The first-order valence-electron chi connectivity index (χ1n) is 10.0. The number of rotatable bonds is 9. The third-order valence-electron chi connectivity index (χ3n) is 5.45. The summed E-state index contributed by atoms with van der Waals surface area (Å²) in [4.78, 5) is 31.0. The Bertz CT molecular complexity index is 634. The summed E-state index contributed by atoms with van der Waals surface area (Å²) in [5, 5.41) is 16.0. The van der Waals surface area contributed by atoms with Gasteiger partial charge in [-0.15, -0.1) is 11.3 Å². The largest absolute Gasteiger partial charge is 0.480 e. The molecule has 1 saturated carbocycles. The molecular weight excluding hydrogens is 364 g/mol. The minimum Gasteiger partial charge on any atom is -0.480 e. The number of fused-ring (bicyclic) bond motifs is 1. The number of urea groups is 1. The molecule has 0 spiro atoms. The van der Waals surface area contributed by atoms with Gasteiger partial charge in [0, 0.05) is 29.9 Å². The maximum absolute atomic E-state index is 12.0. The molecule has 7 nitrogen and oxygen atoms in total. The zero-order valence-electron chi connectivity index (χ0n) is 16.0. The van der Waals surface area contributed by atoms with E-state index in [1.54, 1.807) is 0 Å². The van der Waals surface area contributed by atoms with Crippen LogP contribution < -0.4 is 10.6 Å². The van der Waals surface area contributed by atoms with E-state index in [-0.39, 0.29) is 24.7 Å². The van der Waals surface area contributed by atoms with Crippen LogP contribution >= 0.6 is 11.3 Å². The van der Waals surface area contributed by atoms with Gasteiger partial charge in [-0.25, -0.2) is 9.78 Å². The lowest BCUT2D eigenvalue weighted by Crippen LogP contribution is -2.56. The SMILES string of the molecule is CCN(CC(=O)O)C1CC(NC(=O)NCCCc2nc3c(s2)CCCC3)C1. The van der Waals surface area contributed by atoms with Gasteiger partial charge >= 0.3 is 12.0 Å². The highest BCUT2D eigenvalue weighted by Gasteiger charge is 2.34. The lowest BCUT2D eigenvalue weighted by molar-refractivity contribution is -0.139. The van der Waals surface area contributed by atoms with E-state index >= 15 is 0 Å². The molecule has 1 heterocycles. The van der Waals surface area contributed by atoms with Crippen LogP contribution in [0.15, 0.2) is 0 Å². The second-order valence-corrected chi connectivity index (χ2v) is 8.64. The molecule has 27 heavy (non-hydrogen) atoms. The molecule has 1 aromatic rings. The quantitative estimate of drug-likeness (QED) is 0.558. The fraction of sp³-hybridized carbons (Fsp3) is 0.737. The van der Waals surface area contributed by atoms with Crippen molar-refractivity contribution in [3.05, 3.63) is 15.6 Å². The molecule has 1 fully saturated rings. The van der Waals surface area contributed by atoms with Gasteiger partial charge in [0.2, 0.25) is 0 Å². The molecule has 0 saturated heterocycles. The molecule has 3 rings (SSSR count). The van der Waals surface area contributed by atoms with Gasteiger partial charge in [0.05, 0.1) is 17.2 Å². The average Bonchev–Trinajstić information content (AvgIpc) is 3.02. The van der Waals surface area contributed by atoms with E-state index in [4.69, 9.17) is 10.1 Å². The van der Waals surface area contributed by atoms with Crippen molar-refractivity contribution in [2.24, 2.45) is 0 Å². The molecular formula is C19H30N4O3S. The molecule has 1 aromatic heterocycles. The molecule has 2 aliphatic rings. The maximum Gasteiger partial charge on any atom is 0.317 e. The molecule has 0 radical (unpaired) electrons. The summed E-state index contributed by atoms with van der Waals surface area (Å²) < 4.78 is 0. The number of carbonyl (C=O) groups is 2. The van der Waals surface area contributed by atoms with Crippen molar-refractivity contribution in [1.82, 2.24) is 20.5 Å². The summed E-state index contributed by atoms with van der Waals surface area (Å²) in [6.07, 6.45) is 8.30. The molecule has 0 unspecified atom stereocenters. The number of amides is 2. The Hall–Kier alpha value is -1.67. The second-order valence-electron chi connectivity index (χ2n) is 7.47. The van der Waals surface area contributed by atoms with Crippen LogP contribution in [0.1, 0.15) is 54.6 Å². The Labute approximate surface area is 164 Å². The Morgan fingerprint density at radius 3 is 2.78 bits per heavy atom. The molecule has 150 valence electrons. The van der Waals surface area contributed by atoms with E-state index in [2.05, 4.69) is 10.6 Å². The van der Waals surface area contributed by atoms with Crippen LogP contribution in [0.5, 0.6) is 0 Å². The van der Waals surface area contributed by atoms with Gasteiger partial charge in [0.15, 0.2) is 0 Å². The van der Waals surface area contributed by atoms with E-state index in [0.29, 0.717) is 6.54 Å². The molecule has 0 aromatic carbocycles. The van der Waals surface area contributed by atoms with Crippen molar-refractivity contribution in [3.63, 3.8) is 0 Å². The second kappa shape index (κ2) is 9.50. The minimum atomic E-state index is -0.799. The Morgan fingerprint density at radius 2 is 2.07 bits per heavy atom. The average molecular weight is 395 g/mol. The zero-order chi connectivity index (χ0) is 19.2. The van der Waals surface area contributed by atoms with Crippen molar-refractivity contribution in [1.29, 1.82) is 0 Å². The first-order chi connectivity index (χ1) is 13.0. The number of thiazole rings is 1. The predicted octanol–water partition coefficient (Wildman–Crippen LogP) is 2.19. The highest BCUT2D eigenvalue weighted by Crippen LogP contribution is 2.27. The van der Waals surface area contributed by atoms with Crippen LogP contribution in [0.3, 0.4) is 0 Å². The number of hydrogen-bond donors (Lipinski definition) is 3. The number of likely N-dealkylation sites (N-methyl/N-ethyl adjacent to an activating group) is 1. The van der Waals surface area contributed by atoms with Gasteiger partial charge in [-0.1, -0.05) is 6.92 Å². The van der Waals surface area contributed by atoms with Crippen molar-refractivity contribution in [3.8, 4) is 0 Å². The first kappa shape index (κ1) is 20.1. The van der Waals surface area contributed by atoms with E-state index in [1.807, 2.05) is 23.2 Å². The van der Waals surface area contributed by atoms with E-state index in [9.17, 15) is 9.59 Å². The normalized spacial score (nSPS) is 21.4. The topological polar surface area (TPSA) is 94.6 Å². The standard InChI is InChI=1S/C19H30N4O3S/c1-2-23(12-18(24)25)14-10-13(11-14)21-19(26)20-9-5-8-17-22-15-6-3-4-7-16(15)27-17/h13-14H,2-12H2,1H3,(H,24,25)(H2,20,21,26). The summed E-state index contributed by atoms with van der Waals surface area (Å²) in [6, 6.07) is 0.272.